The van der Waals surface area contributed by atoms with E-state index in [1.165, 1.54) is 12.8 Å². The molecule has 1 amide bonds. The van der Waals surface area contributed by atoms with Gasteiger partial charge in [0, 0.05) is 19.1 Å². The Hall–Kier alpha value is -0.570. The topological polar surface area (TPSA) is 32.3 Å². The summed E-state index contributed by atoms with van der Waals surface area (Å²) in [6.07, 6.45) is 2.44. The van der Waals surface area contributed by atoms with E-state index in [2.05, 4.69) is 31.0 Å². The zero-order chi connectivity index (χ0) is 11.7. The number of likely N-dealkylation sites (tertiary alicyclic amines) is 1. The molecule has 0 saturated carbocycles. The van der Waals surface area contributed by atoms with Gasteiger partial charge in [0.05, 0.1) is 5.92 Å². The van der Waals surface area contributed by atoms with Gasteiger partial charge in [-0.3, -0.25) is 4.79 Å². The lowest BCUT2D eigenvalue weighted by molar-refractivity contribution is -0.140. The van der Waals surface area contributed by atoms with E-state index >= 15 is 0 Å². The Bertz CT molecular complexity index is 267. The number of nitrogens with zero attached hydrogens (tertiary/aromatic N) is 1. The Morgan fingerprint density at radius 1 is 1.19 bits per heavy atom. The molecular weight excluding hydrogens is 200 g/mol. The van der Waals surface area contributed by atoms with Gasteiger partial charge in [0.2, 0.25) is 5.91 Å². The van der Waals surface area contributed by atoms with E-state index in [0.717, 1.165) is 19.6 Å². The maximum absolute atomic E-state index is 12.5. The van der Waals surface area contributed by atoms with Crippen LogP contribution in [0.1, 0.15) is 33.6 Å². The summed E-state index contributed by atoms with van der Waals surface area (Å²) in [5, 5.41) is 3.32. The van der Waals surface area contributed by atoms with Gasteiger partial charge < -0.3 is 10.2 Å². The summed E-state index contributed by atoms with van der Waals surface area (Å²) in [6.45, 7) is 9.48. The Kier molecular flexibility index (Phi) is 3.53. The number of nitrogens with one attached hydrogen (secondary N) is 1. The Balaban J connectivity index is 2.03. The molecule has 0 aliphatic carbocycles. The fourth-order valence-corrected chi connectivity index (χ4v) is 3.00. The predicted octanol–water partition coefficient (Wildman–Crippen LogP) is 1.49. The molecule has 0 radical (unpaired) electrons. The van der Waals surface area contributed by atoms with Crippen LogP contribution in [0.15, 0.2) is 0 Å². The molecule has 3 nitrogen and oxygen atoms in total. The molecule has 0 aromatic heterocycles. The van der Waals surface area contributed by atoms with Crippen LogP contribution in [-0.4, -0.2) is 36.5 Å². The summed E-state index contributed by atoms with van der Waals surface area (Å²) in [5.74, 6) is 1.75. The van der Waals surface area contributed by atoms with Crippen LogP contribution in [-0.2, 0) is 4.79 Å². The van der Waals surface area contributed by atoms with E-state index in [0.29, 0.717) is 23.8 Å². The minimum absolute atomic E-state index is 0.216. The quantitative estimate of drug-likeness (QED) is 0.732. The van der Waals surface area contributed by atoms with Crippen molar-refractivity contribution in [2.24, 2.45) is 17.8 Å². The summed E-state index contributed by atoms with van der Waals surface area (Å²) < 4.78 is 0. The SMILES string of the molecule is CC1CCCN(C(=O)[C@@H]2CNC[C@H]2C)C1C. The van der Waals surface area contributed by atoms with Gasteiger partial charge in [-0.15, -0.1) is 0 Å². The second-order valence-electron chi connectivity index (χ2n) is 5.63. The maximum Gasteiger partial charge on any atom is 0.227 e. The van der Waals surface area contributed by atoms with Gasteiger partial charge in [-0.1, -0.05) is 13.8 Å². The van der Waals surface area contributed by atoms with Crippen LogP contribution in [0.4, 0.5) is 0 Å². The van der Waals surface area contributed by atoms with Crippen LogP contribution in [0.3, 0.4) is 0 Å². The summed E-state index contributed by atoms with van der Waals surface area (Å²) in [7, 11) is 0. The smallest absolute Gasteiger partial charge is 0.227 e. The van der Waals surface area contributed by atoms with Crippen molar-refractivity contribution in [2.45, 2.75) is 39.7 Å². The Morgan fingerprint density at radius 3 is 2.56 bits per heavy atom. The van der Waals surface area contributed by atoms with E-state index in [-0.39, 0.29) is 5.92 Å². The molecule has 2 unspecified atom stereocenters. The van der Waals surface area contributed by atoms with Crippen LogP contribution in [0, 0.1) is 17.8 Å². The third-order valence-corrected chi connectivity index (χ3v) is 4.49. The van der Waals surface area contributed by atoms with Gasteiger partial charge in [-0.25, -0.2) is 0 Å². The van der Waals surface area contributed by atoms with Crippen LogP contribution in [0.2, 0.25) is 0 Å². The predicted molar refractivity (Wildman–Crippen MR) is 65.1 cm³/mol. The van der Waals surface area contributed by atoms with Gasteiger partial charge in [-0.2, -0.15) is 0 Å². The second kappa shape index (κ2) is 4.74. The molecule has 0 bridgehead atoms. The van der Waals surface area contributed by atoms with Crippen molar-refractivity contribution in [1.29, 1.82) is 0 Å². The molecule has 2 rings (SSSR count). The van der Waals surface area contributed by atoms with Crippen molar-refractivity contribution >= 4 is 5.91 Å². The molecule has 16 heavy (non-hydrogen) atoms. The van der Waals surface area contributed by atoms with E-state index in [1.807, 2.05) is 0 Å². The number of piperidine rings is 1. The number of carbonyl (C=O) groups is 1. The maximum atomic E-state index is 12.5. The standard InChI is InChI=1S/C13H24N2O/c1-9-5-4-6-15(11(9)3)13(16)12-8-14-7-10(12)2/h9-12,14H,4-8H2,1-3H3/t9?,10-,11?,12-/m1/s1. The average Bonchev–Trinajstić information content (AvgIpc) is 2.68. The van der Waals surface area contributed by atoms with Gasteiger partial charge >= 0.3 is 0 Å². The highest BCUT2D eigenvalue weighted by atomic mass is 16.2. The van der Waals surface area contributed by atoms with Gasteiger partial charge in [0.15, 0.2) is 0 Å². The highest BCUT2D eigenvalue weighted by Gasteiger charge is 2.36. The molecule has 2 aliphatic rings. The summed E-state index contributed by atoms with van der Waals surface area (Å²) in [5.41, 5.74) is 0. The van der Waals surface area contributed by atoms with Crippen LogP contribution < -0.4 is 5.32 Å². The van der Waals surface area contributed by atoms with Crippen molar-refractivity contribution in [3.63, 3.8) is 0 Å². The number of hydrogen-bond acceptors (Lipinski definition) is 2. The van der Waals surface area contributed by atoms with Gasteiger partial charge in [-0.05, 0) is 38.1 Å². The number of hydrogen-bond donors (Lipinski definition) is 1. The average molecular weight is 224 g/mol. The van der Waals surface area contributed by atoms with Crippen molar-refractivity contribution in [2.75, 3.05) is 19.6 Å². The summed E-state index contributed by atoms with van der Waals surface area (Å²) >= 11 is 0. The molecule has 2 fully saturated rings. The normalized spacial score (nSPS) is 40.1. The minimum atomic E-state index is 0.216. The lowest BCUT2D eigenvalue weighted by Gasteiger charge is -2.39. The highest BCUT2D eigenvalue weighted by molar-refractivity contribution is 5.80. The van der Waals surface area contributed by atoms with E-state index in [9.17, 15) is 4.79 Å². The lowest BCUT2D eigenvalue weighted by atomic mass is 9.89. The Morgan fingerprint density at radius 2 is 1.94 bits per heavy atom. The molecule has 2 saturated heterocycles. The largest absolute Gasteiger partial charge is 0.339 e. The molecule has 0 aromatic carbocycles. The summed E-state index contributed by atoms with van der Waals surface area (Å²) in [6, 6.07) is 0.425. The molecule has 2 heterocycles. The minimum Gasteiger partial charge on any atom is -0.339 e. The molecule has 4 atom stereocenters. The van der Waals surface area contributed by atoms with Crippen LogP contribution in [0.25, 0.3) is 0 Å². The van der Waals surface area contributed by atoms with Crippen molar-refractivity contribution in [3.8, 4) is 0 Å². The first-order valence-electron chi connectivity index (χ1n) is 6.62. The Labute approximate surface area is 98.6 Å². The molecule has 2 aliphatic heterocycles. The monoisotopic (exact) mass is 224 g/mol. The zero-order valence-corrected chi connectivity index (χ0v) is 10.7. The lowest BCUT2D eigenvalue weighted by Crippen LogP contribution is -2.49. The van der Waals surface area contributed by atoms with Gasteiger partial charge in [0.1, 0.15) is 0 Å². The van der Waals surface area contributed by atoms with E-state index < -0.39 is 0 Å². The number of amides is 1. The number of carbonyl (C=O) groups excluding carboxylic acids is 1. The van der Waals surface area contributed by atoms with Crippen molar-refractivity contribution in [3.05, 3.63) is 0 Å². The van der Waals surface area contributed by atoms with Crippen LogP contribution >= 0.6 is 0 Å². The first-order valence-corrected chi connectivity index (χ1v) is 6.62. The molecule has 3 heteroatoms. The molecule has 0 spiro atoms. The molecule has 92 valence electrons. The second-order valence-corrected chi connectivity index (χ2v) is 5.63. The highest BCUT2D eigenvalue weighted by Crippen LogP contribution is 2.27. The van der Waals surface area contributed by atoms with E-state index in [4.69, 9.17) is 0 Å². The van der Waals surface area contributed by atoms with Crippen molar-refractivity contribution < 1.29 is 4.79 Å². The zero-order valence-electron chi connectivity index (χ0n) is 10.7. The fraction of sp³-hybridized carbons (Fsp3) is 0.923. The third kappa shape index (κ3) is 2.10. The molecule has 1 N–H and O–H groups in total. The first-order chi connectivity index (χ1) is 7.61. The van der Waals surface area contributed by atoms with Crippen LogP contribution in [0.5, 0.6) is 0 Å². The van der Waals surface area contributed by atoms with Gasteiger partial charge in [0.25, 0.3) is 0 Å². The van der Waals surface area contributed by atoms with Crippen molar-refractivity contribution in [1.82, 2.24) is 10.2 Å². The van der Waals surface area contributed by atoms with E-state index in [1.54, 1.807) is 0 Å². The molecule has 0 aromatic rings. The first kappa shape index (κ1) is 11.9. The fourth-order valence-electron chi connectivity index (χ4n) is 3.00. The number of rotatable bonds is 1. The third-order valence-electron chi connectivity index (χ3n) is 4.49. The molecular formula is C13H24N2O. The summed E-state index contributed by atoms with van der Waals surface area (Å²) in [4.78, 5) is 14.6.